The Morgan fingerprint density at radius 3 is 2.69 bits per heavy atom. The number of benzene rings is 1. The van der Waals surface area contributed by atoms with Crippen molar-refractivity contribution in [3.05, 3.63) is 46.3 Å². The molecule has 1 aromatic carbocycles. The van der Waals surface area contributed by atoms with Gasteiger partial charge >= 0.3 is 5.63 Å². The van der Waals surface area contributed by atoms with Gasteiger partial charge in [-0.3, -0.25) is 4.79 Å². The van der Waals surface area contributed by atoms with Crippen LogP contribution in [-0.4, -0.2) is 12.3 Å². The summed E-state index contributed by atoms with van der Waals surface area (Å²) in [5.41, 5.74) is 5.03. The van der Waals surface area contributed by atoms with Crippen molar-refractivity contribution < 1.29 is 9.21 Å². The minimum Gasteiger partial charge on any atom is -0.422 e. The number of halogens is 1. The standard InChI is InChI=1S/C11H9NO3.ClH/c12-6-9(13)8-5-7-3-1-2-4-10(7)15-11(8)14;/h1-5H,6,12H2;1H. The predicted octanol–water partition coefficient (Wildman–Crippen LogP) is 1.36. The third-order valence-corrected chi connectivity index (χ3v) is 2.13. The number of para-hydroxylation sites is 1. The molecule has 1 aromatic heterocycles. The molecule has 0 saturated carbocycles. The predicted molar refractivity (Wildman–Crippen MR) is 63.1 cm³/mol. The monoisotopic (exact) mass is 239 g/mol. The first-order chi connectivity index (χ1) is 7.22. The van der Waals surface area contributed by atoms with Gasteiger partial charge in [-0.15, -0.1) is 12.4 Å². The molecule has 2 rings (SSSR count). The lowest BCUT2D eigenvalue weighted by molar-refractivity contribution is 0.0998. The molecule has 16 heavy (non-hydrogen) atoms. The molecule has 0 saturated heterocycles. The van der Waals surface area contributed by atoms with Gasteiger partial charge in [0.15, 0.2) is 5.78 Å². The number of rotatable bonds is 2. The van der Waals surface area contributed by atoms with Crippen molar-refractivity contribution in [2.24, 2.45) is 5.73 Å². The van der Waals surface area contributed by atoms with Gasteiger partial charge in [-0.05, 0) is 12.1 Å². The Morgan fingerprint density at radius 1 is 1.31 bits per heavy atom. The van der Waals surface area contributed by atoms with Gasteiger partial charge in [0, 0.05) is 5.39 Å². The number of fused-ring (bicyclic) bond motifs is 1. The Hall–Kier alpha value is -1.65. The molecule has 2 aromatic rings. The molecule has 1 heterocycles. The molecule has 4 nitrogen and oxygen atoms in total. The number of Topliss-reactive ketones (excluding diaryl/α,β-unsaturated/α-hetero) is 1. The van der Waals surface area contributed by atoms with E-state index in [0.717, 1.165) is 0 Å². The van der Waals surface area contributed by atoms with Crippen LogP contribution in [0.5, 0.6) is 0 Å². The molecule has 0 aliphatic heterocycles. The fourth-order valence-corrected chi connectivity index (χ4v) is 1.37. The van der Waals surface area contributed by atoms with Crippen LogP contribution in [0.15, 0.2) is 39.5 Å². The average molecular weight is 240 g/mol. The molecule has 0 radical (unpaired) electrons. The summed E-state index contributed by atoms with van der Waals surface area (Å²) in [7, 11) is 0. The first-order valence-corrected chi connectivity index (χ1v) is 4.48. The van der Waals surface area contributed by atoms with Crippen molar-refractivity contribution in [3.63, 3.8) is 0 Å². The summed E-state index contributed by atoms with van der Waals surface area (Å²) >= 11 is 0. The summed E-state index contributed by atoms with van der Waals surface area (Å²) in [5.74, 6) is -0.408. The highest BCUT2D eigenvalue weighted by atomic mass is 35.5. The number of carbonyl (C=O) groups is 1. The Kier molecular flexibility index (Phi) is 3.82. The lowest BCUT2D eigenvalue weighted by Crippen LogP contribution is -2.21. The quantitative estimate of drug-likeness (QED) is 0.634. The van der Waals surface area contributed by atoms with Crippen LogP contribution in [0.3, 0.4) is 0 Å². The van der Waals surface area contributed by atoms with Gasteiger partial charge in [0.05, 0.1) is 6.54 Å². The Morgan fingerprint density at radius 2 is 2.00 bits per heavy atom. The van der Waals surface area contributed by atoms with Crippen LogP contribution in [0.25, 0.3) is 11.0 Å². The highest BCUT2D eigenvalue weighted by Gasteiger charge is 2.11. The molecule has 0 aliphatic carbocycles. The van der Waals surface area contributed by atoms with Gasteiger partial charge in [-0.1, -0.05) is 18.2 Å². The van der Waals surface area contributed by atoms with Gasteiger partial charge in [0.1, 0.15) is 11.1 Å². The highest BCUT2D eigenvalue weighted by Crippen LogP contribution is 2.12. The van der Waals surface area contributed by atoms with E-state index in [1.807, 2.05) is 0 Å². The molecule has 5 heteroatoms. The minimum atomic E-state index is -0.635. The van der Waals surface area contributed by atoms with Crippen LogP contribution in [-0.2, 0) is 0 Å². The molecule has 0 aliphatic rings. The number of carbonyl (C=O) groups excluding carboxylic acids is 1. The number of hydrogen-bond acceptors (Lipinski definition) is 4. The molecular weight excluding hydrogens is 230 g/mol. The lowest BCUT2D eigenvalue weighted by atomic mass is 10.1. The molecule has 0 fully saturated rings. The van der Waals surface area contributed by atoms with E-state index >= 15 is 0 Å². The fourth-order valence-electron chi connectivity index (χ4n) is 1.37. The topological polar surface area (TPSA) is 73.3 Å². The third kappa shape index (κ3) is 2.13. The van der Waals surface area contributed by atoms with E-state index in [-0.39, 0.29) is 24.5 Å². The molecule has 2 N–H and O–H groups in total. The van der Waals surface area contributed by atoms with Crippen LogP contribution in [0.2, 0.25) is 0 Å². The van der Waals surface area contributed by atoms with E-state index in [4.69, 9.17) is 10.2 Å². The van der Waals surface area contributed by atoms with E-state index in [1.165, 1.54) is 6.07 Å². The van der Waals surface area contributed by atoms with Crippen LogP contribution in [0, 0.1) is 0 Å². The average Bonchev–Trinajstić information content (AvgIpc) is 2.27. The third-order valence-electron chi connectivity index (χ3n) is 2.13. The van der Waals surface area contributed by atoms with Crippen molar-refractivity contribution >= 4 is 29.2 Å². The van der Waals surface area contributed by atoms with Crippen molar-refractivity contribution in [1.82, 2.24) is 0 Å². The molecule has 0 amide bonds. The summed E-state index contributed by atoms with van der Waals surface area (Å²) in [5, 5.41) is 0.717. The van der Waals surface area contributed by atoms with Crippen LogP contribution < -0.4 is 11.4 Å². The second-order valence-electron chi connectivity index (χ2n) is 3.11. The summed E-state index contributed by atoms with van der Waals surface area (Å²) in [6, 6.07) is 8.52. The summed E-state index contributed by atoms with van der Waals surface area (Å²) in [4.78, 5) is 22.7. The molecule has 0 spiro atoms. The van der Waals surface area contributed by atoms with Crippen molar-refractivity contribution in [2.75, 3.05) is 6.54 Å². The summed E-state index contributed by atoms with van der Waals surface area (Å²) in [6.07, 6.45) is 0. The number of nitrogens with two attached hydrogens (primary N) is 1. The van der Waals surface area contributed by atoms with E-state index in [0.29, 0.717) is 11.0 Å². The minimum absolute atomic E-state index is 0. The lowest BCUT2D eigenvalue weighted by Gasteiger charge is -1.99. The number of hydrogen-bond donors (Lipinski definition) is 1. The van der Waals surface area contributed by atoms with Gasteiger partial charge in [-0.25, -0.2) is 4.79 Å². The van der Waals surface area contributed by atoms with Gasteiger partial charge in [0.2, 0.25) is 0 Å². The zero-order valence-electron chi connectivity index (χ0n) is 8.30. The van der Waals surface area contributed by atoms with Crippen molar-refractivity contribution in [3.8, 4) is 0 Å². The maximum absolute atomic E-state index is 11.4. The van der Waals surface area contributed by atoms with Crippen LogP contribution in [0.1, 0.15) is 10.4 Å². The second-order valence-corrected chi connectivity index (χ2v) is 3.11. The van der Waals surface area contributed by atoms with Crippen molar-refractivity contribution in [2.45, 2.75) is 0 Å². The summed E-state index contributed by atoms with van der Waals surface area (Å²) < 4.78 is 4.98. The maximum atomic E-state index is 11.4. The number of ketones is 1. The Labute approximate surface area is 97.5 Å². The van der Waals surface area contributed by atoms with E-state index < -0.39 is 11.4 Å². The largest absolute Gasteiger partial charge is 0.422 e. The highest BCUT2D eigenvalue weighted by molar-refractivity contribution is 5.99. The zero-order valence-corrected chi connectivity index (χ0v) is 9.12. The molecule has 84 valence electrons. The van der Waals surface area contributed by atoms with Gasteiger partial charge < -0.3 is 10.2 Å². The normalized spacial score (nSPS) is 9.81. The molecule has 0 unspecified atom stereocenters. The summed E-state index contributed by atoms with van der Waals surface area (Å²) in [6.45, 7) is -0.191. The molecule has 0 bridgehead atoms. The second kappa shape index (κ2) is 4.92. The van der Waals surface area contributed by atoms with Gasteiger partial charge in [-0.2, -0.15) is 0 Å². The zero-order chi connectivity index (χ0) is 10.8. The van der Waals surface area contributed by atoms with E-state index in [2.05, 4.69) is 0 Å². The van der Waals surface area contributed by atoms with Gasteiger partial charge in [0.25, 0.3) is 0 Å². The molecule has 0 atom stereocenters. The first-order valence-electron chi connectivity index (χ1n) is 4.48. The van der Waals surface area contributed by atoms with E-state index in [1.54, 1.807) is 24.3 Å². The van der Waals surface area contributed by atoms with Crippen LogP contribution >= 0.6 is 12.4 Å². The SMILES string of the molecule is Cl.NCC(=O)c1cc2ccccc2oc1=O. The van der Waals surface area contributed by atoms with E-state index in [9.17, 15) is 9.59 Å². The fraction of sp³-hybridized carbons (Fsp3) is 0.0909. The van der Waals surface area contributed by atoms with Crippen LogP contribution in [0.4, 0.5) is 0 Å². The van der Waals surface area contributed by atoms with Crippen molar-refractivity contribution in [1.29, 1.82) is 0 Å². The first kappa shape index (κ1) is 12.4. The maximum Gasteiger partial charge on any atom is 0.347 e. The smallest absolute Gasteiger partial charge is 0.347 e. The Bertz CT molecular complexity index is 577. The Balaban J connectivity index is 0.00000128. The molecular formula is C11H10ClNO3.